The molecule has 0 atom stereocenters. The summed E-state index contributed by atoms with van der Waals surface area (Å²) < 4.78 is 1.06. The van der Waals surface area contributed by atoms with Crippen molar-refractivity contribution in [2.24, 2.45) is 0 Å². The van der Waals surface area contributed by atoms with Gasteiger partial charge in [0.05, 0.1) is 18.4 Å². The molecule has 0 saturated carbocycles. The van der Waals surface area contributed by atoms with E-state index in [1.54, 1.807) is 0 Å². The van der Waals surface area contributed by atoms with Crippen molar-refractivity contribution < 1.29 is 0 Å². The van der Waals surface area contributed by atoms with Crippen molar-refractivity contribution in [1.82, 2.24) is 29.5 Å². The minimum atomic E-state index is -0.538. The standard InChI is InChI=1S/C15H12N6O2/c1-8-9-4-2-3-5-10(9)19-11(18-8)6-21-14(22)12-13(17-7-16-12)20-15(21)23/h2-5,7H,6H2,1H3,(H,16,17)(H,20,23). The maximum absolute atomic E-state index is 12.4. The van der Waals surface area contributed by atoms with Crippen LogP contribution in [-0.2, 0) is 6.54 Å². The van der Waals surface area contributed by atoms with E-state index in [4.69, 9.17) is 0 Å². The molecule has 4 aromatic rings. The summed E-state index contributed by atoms with van der Waals surface area (Å²) in [6, 6.07) is 7.61. The van der Waals surface area contributed by atoms with Crippen molar-refractivity contribution in [3.63, 3.8) is 0 Å². The zero-order chi connectivity index (χ0) is 16.0. The second kappa shape index (κ2) is 4.87. The number of aryl methyl sites for hydroxylation is 1. The molecular weight excluding hydrogens is 296 g/mol. The number of hydrogen-bond donors (Lipinski definition) is 2. The van der Waals surface area contributed by atoms with E-state index in [1.807, 2.05) is 31.2 Å². The van der Waals surface area contributed by atoms with E-state index in [0.717, 1.165) is 21.2 Å². The Bertz CT molecular complexity index is 1150. The van der Waals surface area contributed by atoms with E-state index >= 15 is 0 Å². The smallest absolute Gasteiger partial charge is 0.330 e. The normalized spacial score (nSPS) is 11.3. The van der Waals surface area contributed by atoms with Gasteiger partial charge in [-0.25, -0.2) is 19.7 Å². The molecule has 3 aromatic heterocycles. The molecule has 0 amide bonds. The van der Waals surface area contributed by atoms with Gasteiger partial charge < -0.3 is 4.98 Å². The van der Waals surface area contributed by atoms with Gasteiger partial charge in [-0.1, -0.05) is 18.2 Å². The number of nitrogens with one attached hydrogen (secondary N) is 2. The highest BCUT2D eigenvalue weighted by Gasteiger charge is 2.12. The molecule has 1 aromatic carbocycles. The Kier molecular flexibility index (Phi) is 2.83. The Morgan fingerprint density at radius 1 is 1.17 bits per heavy atom. The third-order valence-electron chi connectivity index (χ3n) is 3.71. The first-order valence-electron chi connectivity index (χ1n) is 7.02. The molecule has 0 fully saturated rings. The van der Waals surface area contributed by atoms with Gasteiger partial charge in [0.15, 0.2) is 5.65 Å². The second-order valence-corrected chi connectivity index (χ2v) is 5.19. The average Bonchev–Trinajstić information content (AvgIpc) is 3.00. The van der Waals surface area contributed by atoms with Crippen LogP contribution in [0.5, 0.6) is 0 Å². The van der Waals surface area contributed by atoms with Gasteiger partial charge >= 0.3 is 5.69 Å². The number of H-pyrrole nitrogens is 2. The van der Waals surface area contributed by atoms with Gasteiger partial charge in [0.1, 0.15) is 11.3 Å². The van der Waals surface area contributed by atoms with Crippen LogP contribution in [-0.4, -0.2) is 29.5 Å². The van der Waals surface area contributed by atoms with Crippen LogP contribution < -0.4 is 11.2 Å². The molecule has 8 heteroatoms. The van der Waals surface area contributed by atoms with Gasteiger partial charge in [-0.3, -0.25) is 14.3 Å². The topological polar surface area (TPSA) is 109 Å². The van der Waals surface area contributed by atoms with Crippen molar-refractivity contribution in [3.8, 4) is 0 Å². The number of aromatic nitrogens is 6. The summed E-state index contributed by atoms with van der Waals surface area (Å²) in [5.41, 5.74) is 1.09. The Morgan fingerprint density at radius 3 is 2.87 bits per heavy atom. The van der Waals surface area contributed by atoms with E-state index in [-0.39, 0.29) is 17.7 Å². The third kappa shape index (κ3) is 2.11. The number of rotatable bonds is 2. The zero-order valence-corrected chi connectivity index (χ0v) is 12.2. The number of hydrogen-bond acceptors (Lipinski definition) is 5. The molecule has 0 aliphatic carbocycles. The first-order valence-corrected chi connectivity index (χ1v) is 7.02. The number of aromatic amines is 2. The predicted molar refractivity (Wildman–Crippen MR) is 84.4 cm³/mol. The minimum Gasteiger partial charge on any atom is -0.339 e. The summed E-state index contributed by atoms with van der Waals surface area (Å²) in [5, 5.41) is 0.946. The van der Waals surface area contributed by atoms with Crippen LogP contribution >= 0.6 is 0 Å². The van der Waals surface area contributed by atoms with Crippen LogP contribution in [0.3, 0.4) is 0 Å². The summed E-state index contributed by atoms with van der Waals surface area (Å²) in [7, 11) is 0. The molecule has 23 heavy (non-hydrogen) atoms. The van der Waals surface area contributed by atoms with Crippen molar-refractivity contribution >= 4 is 22.1 Å². The summed E-state index contributed by atoms with van der Waals surface area (Å²) in [5.74, 6) is 0.410. The molecule has 3 heterocycles. The molecule has 114 valence electrons. The van der Waals surface area contributed by atoms with Crippen LogP contribution in [0.4, 0.5) is 0 Å². The van der Waals surface area contributed by atoms with E-state index in [9.17, 15) is 9.59 Å². The molecule has 0 aliphatic rings. The molecule has 2 N–H and O–H groups in total. The fraction of sp³-hybridized carbons (Fsp3) is 0.133. The van der Waals surface area contributed by atoms with Gasteiger partial charge in [0.2, 0.25) is 0 Å². The number of imidazole rings is 1. The van der Waals surface area contributed by atoms with Gasteiger partial charge in [-0.2, -0.15) is 0 Å². The van der Waals surface area contributed by atoms with Crippen molar-refractivity contribution in [2.45, 2.75) is 13.5 Å². The Morgan fingerprint density at radius 2 is 2.00 bits per heavy atom. The first kappa shape index (κ1) is 13.4. The van der Waals surface area contributed by atoms with Gasteiger partial charge in [0.25, 0.3) is 5.56 Å². The maximum atomic E-state index is 12.4. The van der Waals surface area contributed by atoms with E-state index < -0.39 is 11.2 Å². The molecule has 0 saturated heterocycles. The minimum absolute atomic E-state index is 0.00516. The fourth-order valence-corrected chi connectivity index (χ4v) is 2.60. The molecule has 0 radical (unpaired) electrons. The quantitative estimate of drug-likeness (QED) is 0.567. The lowest BCUT2D eigenvalue weighted by Crippen LogP contribution is -2.36. The highest BCUT2D eigenvalue weighted by molar-refractivity contribution is 5.80. The largest absolute Gasteiger partial charge is 0.339 e. The molecule has 0 aliphatic heterocycles. The first-order chi connectivity index (χ1) is 11.1. The lowest BCUT2D eigenvalue weighted by Gasteiger charge is -2.07. The Balaban J connectivity index is 1.88. The van der Waals surface area contributed by atoms with Gasteiger partial charge in [0, 0.05) is 11.1 Å². The van der Waals surface area contributed by atoms with Crippen LogP contribution in [0.1, 0.15) is 11.5 Å². The monoisotopic (exact) mass is 308 g/mol. The zero-order valence-electron chi connectivity index (χ0n) is 12.2. The van der Waals surface area contributed by atoms with Gasteiger partial charge in [-0.05, 0) is 13.0 Å². The number of nitrogens with zero attached hydrogens (tertiary/aromatic N) is 4. The summed E-state index contributed by atoms with van der Waals surface area (Å²) in [6.45, 7) is 1.87. The summed E-state index contributed by atoms with van der Waals surface area (Å²) in [4.78, 5) is 42.5. The SMILES string of the molecule is Cc1nc(Cn2c(=O)[nH]c3nc[nH]c3c2=O)nc2ccccc12. The predicted octanol–water partition coefficient (Wildman–Crippen LogP) is 0.713. The maximum Gasteiger partial charge on any atom is 0.330 e. The number of para-hydroxylation sites is 1. The van der Waals surface area contributed by atoms with E-state index in [0.29, 0.717) is 5.82 Å². The fourth-order valence-electron chi connectivity index (χ4n) is 2.60. The molecule has 0 spiro atoms. The van der Waals surface area contributed by atoms with E-state index in [1.165, 1.54) is 6.33 Å². The lowest BCUT2D eigenvalue weighted by molar-refractivity contribution is 0.676. The Hall–Kier alpha value is -3.29. The molecular formula is C15H12N6O2. The average molecular weight is 308 g/mol. The number of benzene rings is 1. The third-order valence-corrected chi connectivity index (χ3v) is 3.71. The lowest BCUT2D eigenvalue weighted by atomic mass is 10.2. The summed E-state index contributed by atoms with van der Waals surface area (Å²) in [6.07, 6.45) is 1.36. The molecule has 0 unspecified atom stereocenters. The molecule has 0 bridgehead atoms. The van der Waals surface area contributed by atoms with Crippen LogP contribution in [0.2, 0.25) is 0 Å². The van der Waals surface area contributed by atoms with E-state index in [2.05, 4.69) is 24.9 Å². The molecule has 4 rings (SSSR count). The van der Waals surface area contributed by atoms with Crippen molar-refractivity contribution in [2.75, 3.05) is 0 Å². The van der Waals surface area contributed by atoms with Crippen molar-refractivity contribution in [3.05, 3.63) is 62.9 Å². The van der Waals surface area contributed by atoms with Gasteiger partial charge in [-0.15, -0.1) is 0 Å². The number of fused-ring (bicyclic) bond motifs is 2. The second-order valence-electron chi connectivity index (χ2n) is 5.19. The Labute approximate surface area is 128 Å². The van der Waals surface area contributed by atoms with Crippen molar-refractivity contribution in [1.29, 1.82) is 0 Å². The van der Waals surface area contributed by atoms with Crippen LogP contribution in [0, 0.1) is 6.92 Å². The highest BCUT2D eigenvalue weighted by Crippen LogP contribution is 2.14. The highest BCUT2D eigenvalue weighted by atomic mass is 16.2. The van der Waals surface area contributed by atoms with Crippen LogP contribution in [0.15, 0.2) is 40.2 Å². The molecule has 8 nitrogen and oxygen atoms in total. The van der Waals surface area contributed by atoms with Crippen LogP contribution in [0.25, 0.3) is 22.1 Å². The summed E-state index contributed by atoms with van der Waals surface area (Å²) >= 11 is 0.